The second-order valence-electron chi connectivity index (χ2n) is 5.37. The first-order valence-corrected chi connectivity index (χ1v) is 10.2. The van der Waals surface area contributed by atoms with Gasteiger partial charge < -0.3 is 4.74 Å². The Morgan fingerprint density at radius 2 is 2.04 bits per heavy atom. The van der Waals surface area contributed by atoms with Gasteiger partial charge in [-0.15, -0.1) is 0 Å². The fraction of sp³-hybridized carbons (Fsp3) is 0.176. The second kappa shape index (κ2) is 9.32. The molecule has 0 spiro atoms. The zero-order valence-corrected chi connectivity index (χ0v) is 17.7. The van der Waals surface area contributed by atoms with Gasteiger partial charge in [-0.25, -0.2) is 13.8 Å². The number of hydrogen-bond acceptors (Lipinski definition) is 5. The van der Waals surface area contributed by atoms with Crippen LogP contribution in [-0.4, -0.2) is 45.5 Å². The fourth-order valence-electron chi connectivity index (χ4n) is 2.06. The SMILES string of the molecule is COc1ccc(S(=O)(=O)N(C)CC(=O)N/N=C/c2ccccc2Br)cc1Cl. The lowest BCUT2D eigenvalue weighted by Crippen LogP contribution is -2.36. The first kappa shape index (κ1) is 21.4. The van der Waals surface area contributed by atoms with Gasteiger partial charge in [-0.2, -0.15) is 9.41 Å². The summed E-state index contributed by atoms with van der Waals surface area (Å²) in [6, 6.07) is 11.4. The van der Waals surface area contributed by atoms with Crippen LogP contribution in [0.15, 0.2) is 56.9 Å². The molecule has 0 unspecified atom stereocenters. The Kier molecular flexibility index (Phi) is 7.37. The second-order valence-corrected chi connectivity index (χ2v) is 8.68. The van der Waals surface area contributed by atoms with Gasteiger partial charge in [0.15, 0.2) is 0 Å². The van der Waals surface area contributed by atoms with Crippen LogP contribution in [-0.2, 0) is 14.8 Å². The number of halogens is 2. The number of carbonyl (C=O) groups excluding carboxylic acids is 1. The molecule has 0 fully saturated rings. The summed E-state index contributed by atoms with van der Waals surface area (Å²) < 4.78 is 31.9. The minimum Gasteiger partial charge on any atom is -0.495 e. The summed E-state index contributed by atoms with van der Waals surface area (Å²) in [6.07, 6.45) is 1.46. The molecule has 0 saturated carbocycles. The molecule has 1 amide bonds. The van der Waals surface area contributed by atoms with E-state index in [0.29, 0.717) is 5.75 Å². The lowest BCUT2D eigenvalue weighted by molar-refractivity contribution is -0.121. The normalized spacial score (nSPS) is 11.7. The molecule has 7 nitrogen and oxygen atoms in total. The maximum atomic E-state index is 12.6. The molecule has 10 heteroatoms. The van der Waals surface area contributed by atoms with Crippen molar-refractivity contribution in [1.82, 2.24) is 9.73 Å². The van der Waals surface area contributed by atoms with Crippen molar-refractivity contribution in [2.45, 2.75) is 4.90 Å². The zero-order chi connectivity index (χ0) is 20.0. The average Bonchev–Trinajstić information content (AvgIpc) is 2.63. The predicted octanol–water partition coefficient (Wildman–Crippen LogP) is 2.88. The van der Waals surface area contributed by atoms with Crippen LogP contribution >= 0.6 is 27.5 Å². The van der Waals surface area contributed by atoms with E-state index >= 15 is 0 Å². The predicted molar refractivity (Wildman–Crippen MR) is 108 cm³/mol. The molecule has 0 bridgehead atoms. The van der Waals surface area contributed by atoms with Gasteiger partial charge in [0, 0.05) is 17.1 Å². The molecule has 0 heterocycles. The highest BCUT2D eigenvalue weighted by Crippen LogP contribution is 2.28. The molecule has 2 rings (SSSR count). The molecule has 0 atom stereocenters. The minimum atomic E-state index is -3.89. The Balaban J connectivity index is 2.02. The van der Waals surface area contributed by atoms with Gasteiger partial charge in [0.2, 0.25) is 10.0 Å². The highest BCUT2D eigenvalue weighted by molar-refractivity contribution is 9.10. The summed E-state index contributed by atoms with van der Waals surface area (Å²) in [4.78, 5) is 11.9. The number of methoxy groups -OCH3 is 1. The van der Waals surface area contributed by atoms with Crippen molar-refractivity contribution in [2.75, 3.05) is 20.7 Å². The molecule has 0 aliphatic rings. The highest BCUT2D eigenvalue weighted by atomic mass is 79.9. The smallest absolute Gasteiger partial charge is 0.255 e. The number of nitrogens with one attached hydrogen (secondary N) is 1. The highest BCUT2D eigenvalue weighted by Gasteiger charge is 2.23. The summed E-state index contributed by atoms with van der Waals surface area (Å²) >= 11 is 9.34. The third kappa shape index (κ3) is 5.52. The van der Waals surface area contributed by atoms with Crippen LogP contribution in [0.3, 0.4) is 0 Å². The van der Waals surface area contributed by atoms with E-state index in [1.54, 1.807) is 0 Å². The van der Waals surface area contributed by atoms with Crippen molar-refractivity contribution in [1.29, 1.82) is 0 Å². The van der Waals surface area contributed by atoms with Crippen LogP contribution in [0.1, 0.15) is 5.56 Å². The first-order valence-electron chi connectivity index (χ1n) is 7.62. The summed E-state index contributed by atoms with van der Waals surface area (Å²) in [7, 11) is -1.17. The molecule has 0 aliphatic carbocycles. The van der Waals surface area contributed by atoms with Crippen LogP contribution in [0.25, 0.3) is 0 Å². The van der Waals surface area contributed by atoms with Crippen molar-refractivity contribution < 1.29 is 17.9 Å². The number of amides is 1. The van der Waals surface area contributed by atoms with Gasteiger partial charge >= 0.3 is 0 Å². The average molecular weight is 475 g/mol. The van der Waals surface area contributed by atoms with E-state index in [4.69, 9.17) is 16.3 Å². The summed E-state index contributed by atoms with van der Waals surface area (Å²) in [5, 5.41) is 3.99. The molecule has 0 aliphatic heterocycles. The zero-order valence-electron chi connectivity index (χ0n) is 14.5. The molecule has 0 aromatic heterocycles. The summed E-state index contributed by atoms with van der Waals surface area (Å²) in [6.45, 7) is -0.403. The van der Waals surface area contributed by atoms with Crippen molar-refractivity contribution >= 4 is 49.7 Å². The van der Waals surface area contributed by atoms with Gasteiger partial charge in [-0.05, 0) is 24.3 Å². The number of benzene rings is 2. The fourth-order valence-corrected chi connectivity index (χ4v) is 3.93. The lowest BCUT2D eigenvalue weighted by Gasteiger charge is -2.16. The third-order valence-electron chi connectivity index (χ3n) is 3.50. The Morgan fingerprint density at radius 1 is 1.33 bits per heavy atom. The molecular formula is C17H17BrClN3O4S. The molecule has 0 radical (unpaired) electrons. The van der Waals surface area contributed by atoms with Gasteiger partial charge in [0.25, 0.3) is 5.91 Å². The minimum absolute atomic E-state index is 0.0414. The first-order chi connectivity index (χ1) is 12.8. The molecular weight excluding hydrogens is 458 g/mol. The van der Waals surface area contributed by atoms with E-state index < -0.39 is 22.5 Å². The van der Waals surface area contributed by atoms with Crippen molar-refractivity contribution in [3.63, 3.8) is 0 Å². The number of likely N-dealkylation sites (N-methyl/N-ethyl adjacent to an activating group) is 1. The van der Waals surface area contributed by atoms with Gasteiger partial charge in [0.05, 0.1) is 29.8 Å². The number of hydrogen-bond donors (Lipinski definition) is 1. The van der Waals surface area contributed by atoms with E-state index in [9.17, 15) is 13.2 Å². The Morgan fingerprint density at radius 3 is 2.67 bits per heavy atom. The molecule has 2 aromatic carbocycles. The van der Waals surface area contributed by atoms with E-state index in [1.165, 1.54) is 38.6 Å². The van der Waals surface area contributed by atoms with Gasteiger partial charge in [0.1, 0.15) is 5.75 Å². The van der Waals surface area contributed by atoms with Crippen molar-refractivity contribution in [3.05, 3.63) is 57.5 Å². The largest absolute Gasteiger partial charge is 0.495 e. The molecule has 27 heavy (non-hydrogen) atoms. The standard InChI is InChI=1S/C17H17BrClN3O4S/c1-22(27(24,25)13-7-8-16(26-2)15(19)9-13)11-17(23)21-20-10-12-5-3-4-6-14(12)18/h3-10H,11H2,1-2H3,(H,21,23)/b20-10+. The molecule has 2 aromatic rings. The number of carbonyl (C=O) groups is 1. The number of sulfonamides is 1. The van der Waals surface area contributed by atoms with Crippen LogP contribution in [0, 0.1) is 0 Å². The van der Waals surface area contributed by atoms with E-state index in [-0.39, 0.29) is 9.92 Å². The van der Waals surface area contributed by atoms with Crippen LogP contribution in [0.4, 0.5) is 0 Å². The lowest BCUT2D eigenvalue weighted by atomic mass is 10.2. The van der Waals surface area contributed by atoms with Gasteiger partial charge in [-0.1, -0.05) is 45.7 Å². The van der Waals surface area contributed by atoms with E-state index in [1.807, 2.05) is 24.3 Å². The maximum absolute atomic E-state index is 12.6. The molecule has 0 saturated heterocycles. The van der Waals surface area contributed by atoms with Crippen molar-refractivity contribution in [3.8, 4) is 5.75 Å². The van der Waals surface area contributed by atoms with Crippen LogP contribution < -0.4 is 10.2 Å². The molecule has 144 valence electrons. The number of hydrazone groups is 1. The monoisotopic (exact) mass is 473 g/mol. The third-order valence-corrected chi connectivity index (χ3v) is 6.31. The van der Waals surface area contributed by atoms with E-state index in [0.717, 1.165) is 14.3 Å². The number of nitrogens with zero attached hydrogens (tertiary/aromatic N) is 2. The number of rotatable bonds is 7. The summed E-state index contributed by atoms with van der Waals surface area (Å²) in [5.41, 5.74) is 3.07. The Bertz CT molecular complexity index is 966. The topological polar surface area (TPSA) is 88.1 Å². The van der Waals surface area contributed by atoms with Crippen LogP contribution in [0.2, 0.25) is 5.02 Å². The summed E-state index contributed by atoms with van der Waals surface area (Å²) in [5.74, 6) is -0.221. The molecule has 1 N–H and O–H groups in total. The number of ether oxygens (including phenoxy) is 1. The Hall–Kier alpha value is -1.94. The Labute approximate surface area is 171 Å². The maximum Gasteiger partial charge on any atom is 0.255 e. The van der Waals surface area contributed by atoms with Crippen molar-refractivity contribution in [2.24, 2.45) is 5.10 Å². The van der Waals surface area contributed by atoms with Gasteiger partial charge in [-0.3, -0.25) is 4.79 Å². The van der Waals surface area contributed by atoms with Crippen LogP contribution in [0.5, 0.6) is 5.75 Å². The van der Waals surface area contributed by atoms with E-state index in [2.05, 4.69) is 26.5 Å². The quantitative estimate of drug-likeness (QED) is 0.494.